The fraction of sp³-hybridized carbons (Fsp3) is 0.278. The molecular formula is C18H14ClF4NO5. The Morgan fingerprint density at radius 1 is 1.28 bits per heavy atom. The number of alkyl halides is 3. The first-order chi connectivity index (χ1) is 13.4. The number of nitro groups is 1. The van der Waals surface area contributed by atoms with Crippen molar-refractivity contribution < 1.29 is 36.8 Å². The van der Waals surface area contributed by atoms with Gasteiger partial charge in [-0.3, -0.25) is 14.9 Å². The highest BCUT2D eigenvalue weighted by atomic mass is 35.5. The molecule has 0 aliphatic carbocycles. The van der Waals surface area contributed by atoms with Gasteiger partial charge in [-0.25, -0.2) is 4.39 Å². The zero-order valence-electron chi connectivity index (χ0n) is 15.0. The van der Waals surface area contributed by atoms with E-state index in [0.717, 1.165) is 12.1 Å². The molecule has 1 atom stereocenters. The van der Waals surface area contributed by atoms with E-state index in [0.29, 0.717) is 6.07 Å². The highest BCUT2D eigenvalue weighted by molar-refractivity contribution is 6.32. The summed E-state index contributed by atoms with van der Waals surface area (Å²) in [5.41, 5.74) is -1.50. The molecule has 11 heteroatoms. The molecule has 2 aromatic carbocycles. The SMILES string of the molecule is COC(=O)CC(C)c1cc(Oc2c(F)cc(C(F)(F)F)cc2Cl)ccc1[N+](=O)[O-]. The van der Waals surface area contributed by atoms with Crippen molar-refractivity contribution in [3.8, 4) is 11.5 Å². The van der Waals surface area contributed by atoms with Gasteiger partial charge in [0.2, 0.25) is 0 Å². The first kappa shape index (κ1) is 22.4. The van der Waals surface area contributed by atoms with Crippen molar-refractivity contribution in [1.82, 2.24) is 0 Å². The third-order valence-electron chi connectivity index (χ3n) is 3.97. The molecule has 0 aliphatic rings. The first-order valence-electron chi connectivity index (χ1n) is 8.03. The Kier molecular flexibility index (Phi) is 6.68. The monoisotopic (exact) mass is 435 g/mol. The van der Waals surface area contributed by atoms with Crippen LogP contribution in [0, 0.1) is 15.9 Å². The molecular weight excluding hydrogens is 422 g/mol. The summed E-state index contributed by atoms with van der Waals surface area (Å²) in [6.45, 7) is 1.54. The molecule has 0 amide bonds. The Balaban J connectivity index is 2.43. The van der Waals surface area contributed by atoms with E-state index in [4.69, 9.17) is 16.3 Å². The summed E-state index contributed by atoms with van der Waals surface area (Å²) in [5, 5.41) is 10.6. The van der Waals surface area contributed by atoms with Crippen LogP contribution in [0.3, 0.4) is 0 Å². The third kappa shape index (κ3) is 5.35. The number of esters is 1. The Hall–Kier alpha value is -2.88. The van der Waals surface area contributed by atoms with Gasteiger partial charge in [0.25, 0.3) is 5.69 Å². The molecule has 2 aromatic rings. The van der Waals surface area contributed by atoms with Gasteiger partial charge in [0, 0.05) is 11.6 Å². The fourth-order valence-electron chi connectivity index (χ4n) is 2.54. The summed E-state index contributed by atoms with van der Waals surface area (Å²) in [5.74, 6) is -3.38. The average molecular weight is 436 g/mol. The molecule has 0 saturated carbocycles. The third-order valence-corrected chi connectivity index (χ3v) is 4.25. The average Bonchev–Trinajstić information content (AvgIpc) is 2.63. The van der Waals surface area contributed by atoms with Crippen LogP contribution in [0.25, 0.3) is 0 Å². The van der Waals surface area contributed by atoms with Crippen LogP contribution < -0.4 is 4.74 Å². The molecule has 156 valence electrons. The van der Waals surface area contributed by atoms with Crippen LogP contribution in [0.15, 0.2) is 30.3 Å². The Labute approximate surface area is 167 Å². The molecule has 0 radical (unpaired) electrons. The van der Waals surface area contributed by atoms with Gasteiger partial charge < -0.3 is 9.47 Å². The second-order valence-corrected chi connectivity index (χ2v) is 6.44. The van der Waals surface area contributed by atoms with Gasteiger partial charge in [-0.1, -0.05) is 18.5 Å². The lowest BCUT2D eigenvalue weighted by Gasteiger charge is -2.15. The maximum absolute atomic E-state index is 14.1. The van der Waals surface area contributed by atoms with E-state index in [1.807, 2.05) is 0 Å². The minimum Gasteiger partial charge on any atom is -0.469 e. The van der Waals surface area contributed by atoms with Gasteiger partial charge in [0.05, 0.1) is 29.0 Å². The van der Waals surface area contributed by atoms with Crippen LogP contribution in [0.1, 0.15) is 30.4 Å². The molecule has 0 spiro atoms. The Morgan fingerprint density at radius 2 is 1.93 bits per heavy atom. The van der Waals surface area contributed by atoms with Crippen LogP contribution >= 0.6 is 11.6 Å². The molecule has 0 aliphatic heterocycles. The molecule has 0 fully saturated rings. The second-order valence-electron chi connectivity index (χ2n) is 6.03. The molecule has 29 heavy (non-hydrogen) atoms. The quantitative estimate of drug-likeness (QED) is 0.245. The molecule has 0 saturated heterocycles. The van der Waals surface area contributed by atoms with Crippen molar-refractivity contribution >= 4 is 23.3 Å². The summed E-state index contributed by atoms with van der Waals surface area (Å²) in [6, 6.07) is 4.15. The van der Waals surface area contributed by atoms with Gasteiger partial charge in [-0.05, 0) is 30.2 Å². The predicted molar refractivity (Wildman–Crippen MR) is 94.6 cm³/mol. The number of carbonyl (C=O) groups is 1. The molecule has 0 aromatic heterocycles. The van der Waals surface area contributed by atoms with Gasteiger partial charge >= 0.3 is 12.1 Å². The van der Waals surface area contributed by atoms with Crippen molar-refractivity contribution in [2.75, 3.05) is 7.11 Å². The number of halogens is 5. The standard InChI is InChI=1S/C18H14ClF4NO5/c1-9(5-16(25)28-2)12-8-11(3-4-15(12)24(26)27)29-17-13(19)6-10(7-14(17)20)18(21,22)23/h3-4,6-9H,5H2,1-2H3. The first-order valence-corrected chi connectivity index (χ1v) is 8.41. The van der Waals surface area contributed by atoms with E-state index in [1.165, 1.54) is 20.1 Å². The lowest BCUT2D eigenvalue weighted by molar-refractivity contribution is -0.385. The van der Waals surface area contributed by atoms with Crippen molar-refractivity contribution in [1.29, 1.82) is 0 Å². The number of nitro benzene ring substituents is 1. The smallest absolute Gasteiger partial charge is 0.416 e. The van der Waals surface area contributed by atoms with E-state index >= 15 is 0 Å². The number of benzene rings is 2. The van der Waals surface area contributed by atoms with E-state index in [1.54, 1.807) is 0 Å². The number of ether oxygens (including phenoxy) is 2. The van der Waals surface area contributed by atoms with Crippen molar-refractivity contribution in [3.63, 3.8) is 0 Å². The van der Waals surface area contributed by atoms with Crippen LogP contribution in [0.2, 0.25) is 5.02 Å². The van der Waals surface area contributed by atoms with Crippen LogP contribution in [-0.4, -0.2) is 18.0 Å². The van der Waals surface area contributed by atoms with Crippen molar-refractivity contribution in [2.24, 2.45) is 0 Å². The van der Waals surface area contributed by atoms with Crippen molar-refractivity contribution in [2.45, 2.75) is 25.4 Å². The zero-order valence-corrected chi connectivity index (χ0v) is 15.8. The predicted octanol–water partition coefficient (Wildman–Crippen LogP) is 5.87. The van der Waals surface area contributed by atoms with Gasteiger partial charge in [-0.2, -0.15) is 13.2 Å². The number of rotatable bonds is 6. The molecule has 6 nitrogen and oxygen atoms in total. The van der Waals surface area contributed by atoms with Gasteiger partial charge in [-0.15, -0.1) is 0 Å². The highest BCUT2D eigenvalue weighted by Crippen LogP contribution is 2.40. The molecule has 0 heterocycles. The lowest BCUT2D eigenvalue weighted by atomic mass is 9.96. The van der Waals surface area contributed by atoms with E-state index in [-0.39, 0.29) is 29.5 Å². The Bertz CT molecular complexity index is 925. The van der Waals surface area contributed by atoms with E-state index < -0.39 is 45.1 Å². The maximum atomic E-state index is 14.1. The van der Waals surface area contributed by atoms with Crippen LogP contribution in [-0.2, 0) is 15.7 Å². The summed E-state index contributed by atoms with van der Waals surface area (Å²) >= 11 is 5.73. The molecule has 0 bridgehead atoms. The number of carbonyl (C=O) groups excluding carboxylic acids is 1. The summed E-state index contributed by atoms with van der Waals surface area (Å²) < 4.78 is 62.1. The minimum absolute atomic E-state index is 0.0985. The van der Waals surface area contributed by atoms with Crippen molar-refractivity contribution in [3.05, 3.63) is 62.4 Å². The molecule has 1 unspecified atom stereocenters. The number of hydrogen-bond donors (Lipinski definition) is 0. The largest absolute Gasteiger partial charge is 0.469 e. The molecule has 0 N–H and O–H groups in total. The second kappa shape index (κ2) is 8.64. The molecule has 2 rings (SSSR count). The Morgan fingerprint density at radius 3 is 2.45 bits per heavy atom. The maximum Gasteiger partial charge on any atom is 0.416 e. The summed E-state index contributed by atoms with van der Waals surface area (Å²) in [4.78, 5) is 22.1. The number of nitrogens with zero attached hydrogens (tertiary/aromatic N) is 1. The lowest BCUT2D eigenvalue weighted by Crippen LogP contribution is -2.08. The highest BCUT2D eigenvalue weighted by Gasteiger charge is 2.33. The van der Waals surface area contributed by atoms with Crippen LogP contribution in [0.5, 0.6) is 11.5 Å². The van der Waals surface area contributed by atoms with E-state index in [9.17, 15) is 32.5 Å². The summed E-state index contributed by atoms with van der Waals surface area (Å²) in [6.07, 6.45) is -4.97. The van der Waals surface area contributed by atoms with E-state index in [2.05, 4.69) is 4.74 Å². The summed E-state index contributed by atoms with van der Waals surface area (Å²) in [7, 11) is 1.17. The van der Waals surface area contributed by atoms with Crippen LogP contribution in [0.4, 0.5) is 23.2 Å². The van der Waals surface area contributed by atoms with Gasteiger partial charge in [0.15, 0.2) is 11.6 Å². The zero-order chi connectivity index (χ0) is 21.9. The topological polar surface area (TPSA) is 78.7 Å². The normalized spacial score (nSPS) is 12.4. The fourth-order valence-corrected chi connectivity index (χ4v) is 2.79. The minimum atomic E-state index is -4.80. The number of methoxy groups -OCH3 is 1. The van der Waals surface area contributed by atoms with Gasteiger partial charge in [0.1, 0.15) is 5.75 Å². The number of hydrogen-bond acceptors (Lipinski definition) is 5.